The van der Waals surface area contributed by atoms with Gasteiger partial charge in [-0.3, -0.25) is 0 Å². The summed E-state index contributed by atoms with van der Waals surface area (Å²) >= 11 is 0. The molecule has 0 heterocycles. The van der Waals surface area contributed by atoms with E-state index in [1.165, 1.54) is 48.2 Å². The zero-order valence-electron chi connectivity index (χ0n) is 22.9. The summed E-state index contributed by atoms with van der Waals surface area (Å²) in [4.78, 5) is 0. The summed E-state index contributed by atoms with van der Waals surface area (Å²) in [5, 5.41) is 0. The summed E-state index contributed by atoms with van der Waals surface area (Å²) in [7, 11) is 0. The van der Waals surface area contributed by atoms with E-state index in [0.29, 0.717) is 11.5 Å². The lowest BCUT2D eigenvalue weighted by Crippen LogP contribution is -2.14. The second-order valence-electron chi connectivity index (χ2n) is 10.5. The lowest BCUT2D eigenvalue weighted by molar-refractivity contribution is 0.314. The van der Waals surface area contributed by atoms with Crippen LogP contribution >= 0.6 is 0 Å². The standard InChI is InChI=1S/C34H38F4O/c1-3-5-8-23-11-13-24(14-12-23)9-6-7-10-25-15-17-26(18-16-25)27-19-20-28(32(36)31(27)35)29-21-22-30(39-4-2)34(38)33(29)37/h7,10-14,19-22,25-26H,3-6,8-9,15-18H2,1-2H3/b10-7+. The Labute approximate surface area is 229 Å². The third-order valence-corrected chi connectivity index (χ3v) is 7.81. The van der Waals surface area contributed by atoms with Crippen LogP contribution < -0.4 is 4.74 Å². The van der Waals surface area contributed by atoms with Crippen LogP contribution in [0.3, 0.4) is 0 Å². The van der Waals surface area contributed by atoms with Crippen LogP contribution in [0.4, 0.5) is 17.6 Å². The second kappa shape index (κ2) is 13.8. The van der Waals surface area contributed by atoms with Gasteiger partial charge in [-0.15, -0.1) is 0 Å². The fraction of sp³-hybridized carbons (Fsp3) is 0.412. The molecule has 0 N–H and O–H groups in total. The minimum atomic E-state index is -1.25. The molecule has 0 spiro atoms. The van der Waals surface area contributed by atoms with Crippen molar-refractivity contribution >= 4 is 0 Å². The Hall–Kier alpha value is -3.08. The Balaban J connectivity index is 1.32. The highest BCUT2D eigenvalue weighted by Crippen LogP contribution is 2.40. The van der Waals surface area contributed by atoms with Gasteiger partial charge in [-0.05, 0) is 98.9 Å². The number of ether oxygens (including phenoxy) is 1. The van der Waals surface area contributed by atoms with Gasteiger partial charge < -0.3 is 4.74 Å². The van der Waals surface area contributed by atoms with E-state index >= 15 is 8.78 Å². The minimum Gasteiger partial charge on any atom is -0.491 e. The summed E-state index contributed by atoms with van der Waals surface area (Å²) in [6.45, 7) is 4.03. The van der Waals surface area contributed by atoms with Crippen molar-refractivity contribution in [2.24, 2.45) is 5.92 Å². The van der Waals surface area contributed by atoms with Gasteiger partial charge in [0.1, 0.15) is 0 Å². The predicted octanol–water partition coefficient (Wildman–Crippen LogP) is 10.1. The van der Waals surface area contributed by atoms with Crippen LogP contribution in [0.25, 0.3) is 11.1 Å². The van der Waals surface area contributed by atoms with Gasteiger partial charge in [-0.25, -0.2) is 13.2 Å². The van der Waals surface area contributed by atoms with Crippen molar-refractivity contribution in [3.05, 3.63) is 101 Å². The van der Waals surface area contributed by atoms with Gasteiger partial charge in [0, 0.05) is 11.1 Å². The molecule has 1 aliphatic rings. The minimum absolute atomic E-state index is 0.0914. The summed E-state index contributed by atoms with van der Waals surface area (Å²) in [5.41, 5.74) is 2.45. The quantitative estimate of drug-likeness (QED) is 0.174. The summed E-state index contributed by atoms with van der Waals surface area (Å²) < 4.78 is 64.1. The molecule has 0 aliphatic heterocycles. The van der Waals surface area contributed by atoms with Crippen LogP contribution in [-0.2, 0) is 12.8 Å². The zero-order chi connectivity index (χ0) is 27.8. The first kappa shape index (κ1) is 28.9. The molecule has 0 radical (unpaired) electrons. The first-order valence-electron chi connectivity index (χ1n) is 14.3. The van der Waals surface area contributed by atoms with Crippen LogP contribution in [0, 0.1) is 29.2 Å². The maximum absolute atomic E-state index is 15.1. The van der Waals surface area contributed by atoms with E-state index in [2.05, 4.69) is 43.3 Å². The molecular formula is C34H38F4O. The Bertz CT molecular complexity index is 1260. The third-order valence-electron chi connectivity index (χ3n) is 7.81. The highest BCUT2D eigenvalue weighted by atomic mass is 19.2. The average molecular weight is 539 g/mol. The van der Waals surface area contributed by atoms with Crippen LogP contribution in [0.5, 0.6) is 5.75 Å². The monoisotopic (exact) mass is 538 g/mol. The molecule has 5 heteroatoms. The number of hydrogen-bond donors (Lipinski definition) is 0. The Kier molecular flexibility index (Phi) is 10.2. The average Bonchev–Trinajstić information content (AvgIpc) is 2.95. The van der Waals surface area contributed by atoms with Crippen molar-refractivity contribution in [3.63, 3.8) is 0 Å². The second-order valence-corrected chi connectivity index (χ2v) is 10.5. The number of benzene rings is 3. The Morgan fingerprint density at radius 2 is 1.33 bits per heavy atom. The van der Waals surface area contributed by atoms with E-state index in [1.54, 1.807) is 6.92 Å². The molecule has 4 rings (SSSR count). The molecule has 0 unspecified atom stereocenters. The van der Waals surface area contributed by atoms with E-state index in [1.807, 2.05) is 0 Å². The summed E-state index contributed by atoms with van der Waals surface area (Å²) in [5.74, 6) is -4.47. The van der Waals surface area contributed by atoms with Gasteiger partial charge in [0.2, 0.25) is 5.82 Å². The van der Waals surface area contributed by atoms with Crippen molar-refractivity contribution in [1.29, 1.82) is 0 Å². The van der Waals surface area contributed by atoms with Gasteiger partial charge in [-0.1, -0.05) is 61.9 Å². The number of hydrogen-bond acceptors (Lipinski definition) is 1. The van der Waals surface area contributed by atoms with E-state index < -0.39 is 23.3 Å². The SMILES string of the molecule is CCCCc1ccc(CC/C=C/C2CCC(c3ccc(-c4ccc(OCC)c(F)c4F)c(F)c3F)CC2)cc1. The molecule has 0 atom stereocenters. The molecule has 0 bridgehead atoms. The predicted molar refractivity (Wildman–Crippen MR) is 150 cm³/mol. The van der Waals surface area contributed by atoms with Gasteiger partial charge in [-0.2, -0.15) is 4.39 Å². The van der Waals surface area contributed by atoms with Gasteiger partial charge in [0.05, 0.1) is 6.61 Å². The van der Waals surface area contributed by atoms with Crippen molar-refractivity contribution in [3.8, 4) is 16.9 Å². The van der Waals surface area contributed by atoms with Crippen LogP contribution in [0.1, 0.15) is 81.4 Å². The lowest BCUT2D eigenvalue weighted by Gasteiger charge is -2.27. The molecule has 208 valence electrons. The van der Waals surface area contributed by atoms with Gasteiger partial charge in [0.25, 0.3) is 0 Å². The molecule has 1 aliphatic carbocycles. The molecule has 39 heavy (non-hydrogen) atoms. The molecule has 3 aromatic rings. The molecule has 3 aromatic carbocycles. The number of rotatable bonds is 11. The fourth-order valence-electron chi connectivity index (χ4n) is 5.51. The van der Waals surface area contributed by atoms with E-state index in [4.69, 9.17) is 4.74 Å². The summed E-state index contributed by atoms with van der Waals surface area (Å²) in [6.07, 6.45) is 13.4. The first-order chi connectivity index (χ1) is 18.9. The normalized spacial score (nSPS) is 17.6. The lowest BCUT2D eigenvalue weighted by atomic mass is 9.78. The molecule has 0 saturated heterocycles. The van der Waals surface area contributed by atoms with Gasteiger partial charge >= 0.3 is 0 Å². The van der Waals surface area contributed by atoms with E-state index in [0.717, 1.165) is 44.9 Å². The summed E-state index contributed by atoms with van der Waals surface area (Å²) in [6, 6.07) is 14.3. The Morgan fingerprint density at radius 3 is 1.97 bits per heavy atom. The van der Waals surface area contributed by atoms with Crippen molar-refractivity contribution in [1.82, 2.24) is 0 Å². The molecule has 1 nitrogen and oxygen atoms in total. The third kappa shape index (κ3) is 7.12. The molecule has 1 saturated carbocycles. The van der Waals surface area contributed by atoms with Crippen LogP contribution in [0.15, 0.2) is 60.7 Å². The molecule has 1 fully saturated rings. The van der Waals surface area contributed by atoms with Crippen LogP contribution in [0.2, 0.25) is 0 Å². The first-order valence-corrected chi connectivity index (χ1v) is 14.3. The van der Waals surface area contributed by atoms with Crippen molar-refractivity contribution in [2.45, 2.75) is 77.6 Å². The maximum Gasteiger partial charge on any atom is 0.201 e. The number of allylic oxidation sites excluding steroid dienone is 2. The van der Waals surface area contributed by atoms with Gasteiger partial charge in [0.15, 0.2) is 23.2 Å². The maximum atomic E-state index is 15.1. The van der Waals surface area contributed by atoms with E-state index in [9.17, 15) is 8.78 Å². The zero-order valence-corrected chi connectivity index (χ0v) is 22.9. The van der Waals surface area contributed by atoms with Crippen LogP contribution in [-0.4, -0.2) is 6.61 Å². The smallest absolute Gasteiger partial charge is 0.201 e. The topological polar surface area (TPSA) is 9.23 Å². The molecule has 0 aromatic heterocycles. The Morgan fingerprint density at radius 1 is 0.718 bits per heavy atom. The molecule has 0 amide bonds. The van der Waals surface area contributed by atoms with Crippen molar-refractivity contribution < 1.29 is 22.3 Å². The molecular weight excluding hydrogens is 500 g/mol. The number of aryl methyl sites for hydroxylation is 2. The van der Waals surface area contributed by atoms with E-state index in [-0.39, 0.29) is 29.4 Å². The number of unbranched alkanes of at least 4 members (excludes halogenated alkanes) is 1. The highest BCUT2D eigenvalue weighted by Gasteiger charge is 2.27. The highest BCUT2D eigenvalue weighted by molar-refractivity contribution is 5.66. The van der Waals surface area contributed by atoms with Crippen molar-refractivity contribution in [2.75, 3.05) is 6.61 Å². The largest absolute Gasteiger partial charge is 0.491 e. The fourth-order valence-corrected chi connectivity index (χ4v) is 5.51. The number of halogens is 4.